The molecule has 4 heterocycles. The maximum Gasteiger partial charge on any atom is 0.417 e. The molecule has 282 valence electrons. The summed E-state index contributed by atoms with van der Waals surface area (Å²) in [5.41, 5.74) is 5.91. The topological polar surface area (TPSA) is 83.7 Å². The molecule has 12 rings (SSSR count). The van der Waals surface area contributed by atoms with E-state index in [1.807, 2.05) is 137 Å². The molecule has 0 N–H and O–H groups in total. The highest BCUT2D eigenvalue weighted by molar-refractivity contribution is 6.19. The van der Waals surface area contributed by atoms with Crippen molar-refractivity contribution in [2.45, 2.75) is 6.18 Å². The van der Waals surface area contributed by atoms with Gasteiger partial charge >= 0.3 is 6.18 Å². The Morgan fingerprint density at radius 1 is 0.433 bits per heavy atom. The van der Waals surface area contributed by atoms with Crippen molar-refractivity contribution in [3.63, 3.8) is 0 Å². The van der Waals surface area contributed by atoms with Gasteiger partial charge in [0.1, 0.15) is 34.0 Å². The summed E-state index contributed by atoms with van der Waals surface area (Å²) in [4.78, 5) is 0. The molecule has 0 fully saturated rings. The van der Waals surface area contributed by atoms with E-state index in [9.17, 15) is 10.5 Å². The number of aromatic nitrogens is 2. The molecule has 0 atom stereocenters. The third-order valence-corrected chi connectivity index (χ3v) is 11.8. The van der Waals surface area contributed by atoms with Crippen LogP contribution in [0.5, 0.6) is 0 Å². The Labute approximate surface area is 337 Å². The predicted octanol–water partition coefficient (Wildman–Crippen LogP) is 14.1. The second-order valence-corrected chi connectivity index (χ2v) is 15.0. The third kappa shape index (κ3) is 4.69. The molecule has 60 heavy (non-hydrogen) atoms. The molecule has 8 aromatic carbocycles. The van der Waals surface area contributed by atoms with Gasteiger partial charge in [0.25, 0.3) is 0 Å². The third-order valence-electron chi connectivity index (χ3n) is 11.8. The first kappa shape index (κ1) is 33.8. The Balaban J connectivity index is 1.27. The van der Waals surface area contributed by atoms with E-state index in [0.29, 0.717) is 22.5 Å². The minimum Gasteiger partial charge on any atom is -0.456 e. The number of alkyl halides is 3. The lowest BCUT2D eigenvalue weighted by molar-refractivity contribution is -0.137. The molecule has 6 nitrogen and oxygen atoms in total. The zero-order chi connectivity index (χ0) is 40.4. The van der Waals surface area contributed by atoms with Gasteiger partial charge in [-0.15, -0.1) is 0 Å². The minimum atomic E-state index is -4.79. The SMILES string of the molecule is N#Cc1ccc(-c2cc(-n3c4ccccc4c4cc5oc6ccccc6c5cc43)c(C#N)c(-n3c4ccccc4c4cc5oc6ccccc6c5cc43)c2)c(C(F)(F)F)c1. The normalized spacial score (nSPS) is 12.2. The summed E-state index contributed by atoms with van der Waals surface area (Å²) in [7, 11) is 0. The van der Waals surface area contributed by atoms with Crippen molar-refractivity contribution in [2.24, 2.45) is 0 Å². The second kappa shape index (κ2) is 12.1. The Kier molecular flexibility index (Phi) is 6.84. The average Bonchev–Trinajstić information content (AvgIpc) is 4.01. The van der Waals surface area contributed by atoms with Crippen LogP contribution in [0.15, 0.2) is 160 Å². The van der Waals surface area contributed by atoms with Gasteiger partial charge in [0.05, 0.1) is 50.6 Å². The number of hydrogen-bond acceptors (Lipinski definition) is 4. The molecular weight excluding hydrogens is 758 g/mol. The molecule has 0 amide bonds. The van der Waals surface area contributed by atoms with E-state index in [4.69, 9.17) is 8.83 Å². The molecule has 4 aromatic heterocycles. The largest absolute Gasteiger partial charge is 0.456 e. The van der Waals surface area contributed by atoms with E-state index >= 15 is 13.2 Å². The summed E-state index contributed by atoms with van der Waals surface area (Å²) in [5, 5.41) is 28.1. The van der Waals surface area contributed by atoms with Crippen LogP contribution in [0.4, 0.5) is 13.2 Å². The van der Waals surface area contributed by atoms with E-state index in [0.717, 1.165) is 82.4 Å². The summed E-state index contributed by atoms with van der Waals surface area (Å²) in [6, 6.07) is 50.5. The second-order valence-electron chi connectivity index (χ2n) is 15.0. The number of fused-ring (bicyclic) bond motifs is 12. The lowest BCUT2D eigenvalue weighted by Crippen LogP contribution is -2.09. The van der Waals surface area contributed by atoms with E-state index in [1.165, 1.54) is 12.1 Å². The molecule has 0 aliphatic heterocycles. The molecule has 0 aliphatic rings. The maximum atomic E-state index is 15.1. The summed E-state index contributed by atoms with van der Waals surface area (Å²) in [5.74, 6) is 0. The van der Waals surface area contributed by atoms with Gasteiger partial charge in [0, 0.05) is 43.1 Å². The molecule has 0 bridgehead atoms. The van der Waals surface area contributed by atoms with Crippen LogP contribution in [0.25, 0.3) is 110 Å². The highest BCUT2D eigenvalue weighted by Gasteiger charge is 2.35. The quantitative estimate of drug-likeness (QED) is 0.179. The number of nitriles is 2. The Hall–Kier alpha value is -8.27. The molecule has 9 heteroatoms. The van der Waals surface area contributed by atoms with Crippen LogP contribution in [0.2, 0.25) is 0 Å². The molecule has 0 saturated heterocycles. The summed E-state index contributed by atoms with van der Waals surface area (Å²) in [6.07, 6.45) is -4.79. The minimum absolute atomic E-state index is 0.113. The Morgan fingerprint density at radius 2 is 0.917 bits per heavy atom. The monoisotopic (exact) mass is 782 g/mol. The van der Waals surface area contributed by atoms with Crippen molar-refractivity contribution in [1.29, 1.82) is 10.5 Å². The van der Waals surface area contributed by atoms with Crippen LogP contribution in [-0.4, -0.2) is 9.13 Å². The van der Waals surface area contributed by atoms with E-state index in [1.54, 1.807) is 12.1 Å². The van der Waals surface area contributed by atoms with Crippen molar-refractivity contribution in [3.8, 4) is 34.6 Å². The summed E-state index contributed by atoms with van der Waals surface area (Å²) < 4.78 is 61.8. The van der Waals surface area contributed by atoms with Gasteiger partial charge in [-0.25, -0.2) is 0 Å². The number of furan rings is 2. The molecule has 0 unspecified atom stereocenters. The van der Waals surface area contributed by atoms with Gasteiger partial charge in [-0.3, -0.25) is 0 Å². The molecule has 0 spiro atoms. The van der Waals surface area contributed by atoms with Gasteiger partial charge in [0.2, 0.25) is 0 Å². The fourth-order valence-electron chi connectivity index (χ4n) is 9.23. The summed E-state index contributed by atoms with van der Waals surface area (Å²) in [6.45, 7) is 0. The van der Waals surface area contributed by atoms with Crippen molar-refractivity contribution in [2.75, 3.05) is 0 Å². The van der Waals surface area contributed by atoms with Crippen molar-refractivity contribution in [3.05, 3.63) is 168 Å². The first-order valence-corrected chi connectivity index (χ1v) is 19.2. The van der Waals surface area contributed by atoms with Gasteiger partial charge in [0.15, 0.2) is 0 Å². The van der Waals surface area contributed by atoms with Gasteiger partial charge in [-0.05, 0) is 83.9 Å². The van der Waals surface area contributed by atoms with Crippen molar-refractivity contribution < 1.29 is 22.0 Å². The van der Waals surface area contributed by atoms with Crippen LogP contribution in [0.3, 0.4) is 0 Å². The van der Waals surface area contributed by atoms with Crippen LogP contribution in [0.1, 0.15) is 16.7 Å². The number of hydrogen-bond donors (Lipinski definition) is 0. The smallest absolute Gasteiger partial charge is 0.417 e. The molecule has 12 aromatic rings. The van der Waals surface area contributed by atoms with Gasteiger partial charge in [-0.2, -0.15) is 23.7 Å². The number of halogens is 3. The van der Waals surface area contributed by atoms with Gasteiger partial charge < -0.3 is 18.0 Å². The zero-order valence-electron chi connectivity index (χ0n) is 31.2. The first-order chi connectivity index (χ1) is 29.3. The number of benzene rings is 8. The van der Waals surface area contributed by atoms with E-state index in [2.05, 4.69) is 6.07 Å². The van der Waals surface area contributed by atoms with Crippen LogP contribution in [-0.2, 0) is 6.18 Å². The molecule has 0 aliphatic carbocycles. The van der Waals surface area contributed by atoms with E-state index in [-0.39, 0.29) is 22.3 Å². The predicted molar refractivity (Wildman–Crippen MR) is 230 cm³/mol. The molecule has 0 radical (unpaired) electrons. The van der Waals surface area contributed by atoms with Crippen LogP contribution in [0, 0.1) is 22.7 Å². The maximum absolute atomic E-state index is 15.1. The van der Waals surface area contributed by atoms with Crippen molar-refractivity contribution >= 4 is 87.5 Å². The van der Waals surface area contributed by atoms with Crippen LogP contribution >= 0.6 is 0 Å². The van der Waals surface area contributed by atoms with E-state index < -0.39 is 11.7 Å². The number of rotatable bonds is 3. The van der Waals surface area contributed by atoms with Crippen molar-refractivity contribution in [1.82, 2.24) is 9.13 Å². The molecule has 0 saturated carbocycles. The fourth-order valence-corrected chi connectivity index (χ4v) is 9.23. The highest BCUT2D eigenvalue weighted by atomic mass is 19.4. The van der Waals surface area contributed by atoms with Gasteiger partial charge in [-0.1, -0.05) is 78.9 Å². The first-order valence-electron chi connectivity index (χ1n) is 19.2. The van der Waals surface area contributed by atoms with Crippen LogP contribution < -0.4 is 0 Å². The summed E-state index contributed by atoms with van der Waals surface area (Å²) >= 11 is 0. The Morgan fingerprint density at radius 3 is 1.40 bits per heavy atom. The average molecular weight is 783 g/mol. The number of nitrogens with zero attached hydrogens (tertiary/aromatic N) is 4. The molecular formula is C51H25F3N4O2. The lowest BCUT2D eigenvalue weighted by atomic mass is 9.94. The highest BCUT2D eigenvalue weighted by Crippen LogP contribution is 2.45. The standard InChI is InChI=1S/C51H25F3N4O2/c52-51(53,54)40-19-28(26-55)17-18-30(40)29-20-43(57-41-13-5-1-9-31(41)35-24-49-37(22-45(35)57)33-11-3-7-15-47(33)59-49)39(27-56)44(21-29)58-42-14-6-2-10-32(42)36-25-50-38(23-46(36)58)34-12-4-8-16-48(34)60-50/h1-25H. The fraction of sp³-hybridized carbons (Fsp3) is 0.0196. The number of para-hydroxylation sites is 4. The zero-order valence-corrected chi connectivity index (χ0v) is 31.2. The lowest BCUT2D eigenvalue weighted by Gasteiger charge is -2.20. The Bertz CT molecular complexity index is 3710.